The summed E-state index contributed by atoms with van der Waals surface area (Å²) in [5.41, 5.74) is 3.32. The molecule has 0 aliphatic rings. The maximum Gasteiger partial charge on any atom is 0.141 e. The molecule has 82 valence electrons. The Morgan fingerprint density at radius 3 is 2.56 bits per heavy atom. The molecule has 0 aromatic heterocycles. The van der Waals surface area contributed by atoms with Gasteiger partial charge in [0.15, 0.2) is 0 Å². The summed E-state index contributed by atoms with van der Waals surface area (Å²) in [7, 11) is 0. The van der Waals surface area contributed by atoms with E-state index in [0.29, 0.717) is 0 Å². The van der Waals surface area contributed by atoms with Gasteiger partial charge in [0.25, 0.3) is 0 Å². The fourth-order valence-corrected chi connectivity index (χ4v) is 1.95. The molecule has 0 saturated carbocycles. The second kappa shape index (κ2) is 4.67. The summed E-state index contributed by atoms with van der Waals surface area (Å²) < 4.78 is 13.1. The first kappa shape index (κ1) is 11.2. The molecule has 2 aromatic carbocycles. The van der Waals surface area contributed by atoms with E-state index in [-0.39, 0.29) is 10.8 Å². The van der Waals surface area contributed by atoms with E-state index in [1.807, 2.05) is 18.2 Å². The smallest absolute Gasteiger partial charge is 0.141 e. The lowest BCUT2D eigenvalue weighted by atomic mass is 9.98. The Labute approximate surface area is 99.7 Å². The molecular weight excluding hydrogens is 223 g/mol. The van der Waals surface area contributed by atoms with Crippen LogP contribution < -0.4 is 0 Å². The molecule has 0 fully saturated rings. The van der Waals surface area contributed by atoms with Gasteiger partial charge in [0, 0.05) is 0 Å². The second-order valence-electron chi connectivity index (χ2n) is 3.64. The molecule has 2 heteroatoms. The van der Waals surface area contributed by atoms with E-state index in [4.69, 9.17) is 11.6 Å². The van der Waals surface area contributed by atoms with Crippen molar-refractivity contribution in [3.8, 4) is 11.1 Å². The van der Waals surface area contributed by atoms with E-state index in [1.165, 1.54) is 11.6 Å². The zero-order valence-corrected chi connectivity index (χ0v) is 9.76. The molecule has 0 heterocycles. The van der Waals surface area contributed by atoms with E-state index in [0.717, 1.165) is 17.5 Å². The first-order chi connectivity index (χ1) is 7.72. The second-order valence-corrected chi connectivity index (χ2v) is 4.05. The van der Waals surface area contributed by atoms with Crippen LogP contribution in [0.25, 0.3) is 11.1 Å². The fraction of sp³-hybridized carbons (Fsp3) is 0.143. The van der Waals surface area contributed by atoms with Crippen LogP contribution in [0.2, 0.25) is 5.02 Å². The van der Waals surface area contributed by atoms with Crippen LogP contribution in [0.4, 0.5) is 4.39 Å². The molecule has 0 aliphatic heterocycles. The fourth-order valence-electron chi connectivity index (χ4n) is 1.77. The third-order valence-electron chi connectivity index (χ3n) is 2.63. The topological polar surface area (TPSA) is 0 Å². The highest BCUT2D eigenvalue weighted by Crippen LogP contribution is 2.27. The van der Waals surface area contributed by atoms with Gasteiger partial charge in [-0.15, -0.1) is 0 Å². The van der Waals surface area contributed by atoms with E-state index < -0.39 is 0 Å². The maximum atomic E-state index is 13.1. The van der Waals surface area contributed by atoms with Gasteiger partial charge in [0.2, 0.25) is 0 Å². The highest BCUT2D eigenvalue weighted by Gasteiger charge is 2.05. The summed E-state index contributed by atoms with van der Waals surface area (Å²) in [6.45, 7) is 2.10. The van der Waals surface area contributed by atoms with Gasteiger partial charge in [0.05, 0.1) is 5.02 Å². The van der Waals surface area contributed by atoms with Gasteiger partial charge in [-0.1, -0.05) is 48.9 Å². The molecule has 0 radical (unpaired) electrons. The van der Waals surface area contributed by atoms with Gasteiger partial charge in [-0.05, 0) is 35.2 Å². The molecule has 2 aromatic rings. The van der Waals surface area contributed by atoms with E-state index >= 15 is 0 Å². The van der Waals surface area contributed by atoms with Crippen LogP contribution in [-0.2, 0) is 6.42 Å². The molecule has 0 spiro atoms. The molecule has 0 bridgehead atoms. The lowest BCUT2D eigenvalue weighted by Crippen LogP contribution is -1.87. The Hall–Kier alpha value is -1.34. The van der Waals surface area contributed by atoms with Gasteiger partial charge >= 0.3 is 0 Å². The third kappa shape index (κ3) is 2.10. The number of halogens is 2. The van der Waals surface area contributed by atoms with Crippen LogP contribution in [0.15, 0.2) is 42.5 Å². The zero-order chi connectivity index (χ0) is 11.5. The van der Waals surface area contributed by atoms with Crippen LogP contribution in [-0.4, -0.2) is 0 Å². The summed E-state index contributed by atoms with van der Waals surface area (Å²) >= 11 is 5.78. The van der Waals surface area contributed by atoms with Crippen LogP contribution in [0.5, 0.6) is 0 Å². The molecule has 0 atom stereocenters. The van der Waals surface area contributed by atoms with Crippen molar-refractivity contribution in [2.75, 3.05) is 0 Å². The van der Waals surface area contributed by atoms with Crippen LogP contribution >= 0.6 is 11.6 Å². The number of rotatable bonds is 2. The highest BCUT2D eigenvalue weighted by atomic mass is 35.5. The normalized spacial score (nSPS) is 10.4. The summed E-state index contributed by atoms with van der Waals surface area (Å²) in [5.74, 6) is -0.376. The zero-order valence-electron chi connectivity index (χ0n) is 9.00. The summed E-state index contributed by atoms with van der Waals surface area (Å²) in [6.07, 6.45) is 0.950. The van der Waals surface area contributed by atoms with Crippen molar-refractivity contribution in [3.05, 3.63) is 58.9 Å². The minimum absolute atomic E-state index is 0.170. The molecule has 0 nitrogen and oxygen atoms in total. The van der Waals surface area contributed by atoms with Crippen molar-refractivity contribution in [1.82, 2.24) is 0 Å². The van der Waals surface area contributed by atoms with Crippen molar-refractivity contribution in [1.29, 1.82) is 0 Å². The first-order valence-electron chi connectivity index (χ1n) is 5.25. The molecule has 16 heavy (non-hydrogen) atoms. The Morgan fingerprint density at radius 2 is 1.88 bits per heavy atom. The summed E-state index contributed by atoms with van der Waals surface area (Å²) in [6, 6.07) is 12.9. The van der Waals surface area contributed by atoms with Crippen LogP contribution in [0, 0.1) is 5.82 Å². The third-order valence-corrected chi connectivity index (χ3v) is 2.92. The number of hydrogen-bond donors (Lipinski definition) is 0. The lowest BCUT2D eigenvalue weighted by Gasteiger charge is -2.08. The molecule has 0 amide bonds. The maximum absolute atomic E-state index is 13.1. The van der Waals surface area contributed by atoms with E-state index in [9.17, 15) is 4.39 Å². The van der Waals surface area contributed by atoms with Crippen molar-refractivity contribution in [2.45, 2.75) is 13.3 Å². The van der Waals surface area contributed by atoms with Gasteiger partial charge in [-0.2, -0.15) is 0 Å². The van der Waals surface area contributed by atoms with Gasteiger partial charge in [0.1, 0.15) is 5.82 Å². The van der Waals surface area contributed by atoms with Crippen molar-refractivity contribution in [3.63, 3.8) is 0 Å². The van der Waals surface area contributed by atoms with Crippen molar-refractivity contribution in [2.24, 2.45) is 0 Å². The van der Waals surface area contributed by atoms with Gasteiger partial charge in [-0.3, -0.25) is 0 Å². The van der Waals surface area contributed by atoms with Crippen molar-refractivity contribution < 1.29 is 4.39 Å². The lowest BCUT2D eigenvalue weighted by molar-refractivity contribution is 0.628. The average Bonchev–Trinajstić information content (AvgIpc) is 2.32. The average molecular weight is 235 g/mol. The Bertz CT molecular complexity index is 506. The van der Waals surface area contributed by atoms with E-state index in [2.05, 4.69) is 13.0 Å². The molecule has 0 aliphatic carbocycles. The van der Waals surface area contributed by atoms with Crippen LogP contribution in [0.1, 0.15) is 12.5 Å². The Morgan fingerprint density at radius 1 is 1.12 bits per heavy atom. The van der Waals surface area contributed by atoms with Gasteiger partial charge < -0.3 is 0 Å². The predicted molar refractivity (Wildman–Crippen MR) is 66.2 cm³/mol. The van der Waals surface area contributed by atoms with Gasteiger partial charge in [-0.25, -0.2) is 4.39 Å². The standard InChI is InChI=1S/C14H12ClF/c1-2-10-5-3-4-6-12(10)11-7-8-14(16)13(15)9-11/h3-9H,2H2,1H3. The summed E-state index contributed by atoms with van der Waals surface area (Å²) in [4.78, 5) is 0. The molecular formula is C14H12ClF. The monoisotopic (exact) mass is 234 g/mol. The first-order valence-corrected chi connectivity index (χ1v) is 5.63. The van der Waals surface area contributed by atoms with Crippen molar-refractivity contribution >= 4 is 11.6 Å². The number of aryl methyl sites for hydroxylation is 1. The summed E-state index contributed by atoms with van der Waals surface area (Å²) in [5, 5.41) is 0.170. The Kier molecular flexibility index (Phi) is 3.25. The molecule has 0 saturated heterocycles. The molecule has 0 unspecified atom stereocenters. The minimum atomic E-state index is -0.376. The quantitative estimate of drug-likeness (QED) is 0.706. The minimum Gasteiger partial charge on any atom is -0.205 e. The van der Waals surface area contributed by atoms with Crippen LogP contribution in [0.3, 0.4) is 0 Å². The van der Waals surface area contributed by atoms with E-state index in [1.54, 1.807) is 12.1 Å². The predicted octanol–water partition coefficient (Wildman–Crippen LogP) is 4.71. The Balaban J connectivity index is 2.54. The number of benzene rings is 2. The highest BCUT2D eigenvalue weighted by molar-refractivity contribution is 6.31. The number of hydrogen-bond acceptors (Lipinski definition) is 0. The molecule has 0 N–H and O–H groups in total. The largest absolute Gasteiger partial charge is 0.205 e. The molecule has 2 rings (SSSR count). The SMILES string of the molecule is CCc1ccccc1-c1ccc(F)c(Cl)c1.